The molecule has 4 aliphatic rings. The molecule has 4 rings (SSSR count). The number of carbonyl (C=O) groups is 2. The SMILES string of the molecule is C=C1C[C@@H]2[C@H](CC[C@]3(C)C(=O)CC[C@@H]23)[C@@]2(C)C(CC)=CC(=O)C=C12. The number of hydrogen-bond acceptors (Lipinski definition) is 2. The fourth-order valence-electron chi connectivity index (χ4n) is 6.66. The average Bonchev–Trinajstić information content (AvgIpc) is 2.84. The van der Waals surface area contributed by atoms with E-state index in [-0.39, 0.29) is 16.6 Å². The first-order valence-electron chi connectivity index (χ1n) is 9.51. The molecule has 4 aliphatic carbocycles. The maximum absolute atomic E-state index is 12.5. The zero-order valence-electron chi connectivity index (χ0n) is 15.2. The summed E-state index contributed by atoms with van der Waals surface area (Å²) in [4.78, 5) is 24.7. The summed E-state index contributed by atoms with van der Waals surface area (Å²) in [6.45, 7) is 11.1. The summed E-state index contributed by atoms with van der Waals surface area (Å²) in [5.41, 5.74) is 3.42. The molecular formula is C22H28O2. The highest BCUT2D eigenvalue weighted by molar-refractivity contribution is 6.02. The summed E-state index contributed by atoms with van der Waals surface area (Å²) in [5, 5.41) is 0. The van der Waals surface area contributed by atoms with Crippen molar-refractivity contribution in [2.75, 3.05) is 0 Å². The minimum absolute atomic E-state index is 0.0599. The van der Waals surface area contributed by atoms with E-state index in [0.29, 0.717) is 23.5 Å². The first-order valence-corrected chi connectivity index (χ1v) is 9.51. The van der Waals surface area contributed by atoms with Crippen LogP contribution < -0.4 is 0 Å². The van der Waals surface area contributed by atoms with E-state index in [0.717, 1.165) is 44.1 Å². The topological polar surface area (TPSA) is 34.1 Å². The normalized spacial score (nSPS) is 44.5. The van der Waals surface area contributed by atoms with Crippen molar-refractivity contribution >= 4 is 11.6 Å². The molecule has 5 atom stereocenters. The highest BCUT2D eigenvalue weighted by atomic mass is 16.1. The molecule has 3 fully saturated rings. The first-order chi connectivity index (χ1) is 11.3. The summed E-state index contributed by atoms with van der Waals surface area (Å²) in [6.07, 6.45) is 9.49. The number of ketones is 2. The Morgan fingerprint density at radius 2 is 1.92 bits per heavy atom. The molecule has 0 bridgehead atoms. The van der Waals surface area contributed by atoms with Crippen LogP contribution in [0.2, 0.25) is 0 Å². The summed E-state index contributed by atoms with van der Waals surface area (Å²) >= 11 is 0. The lowest BCUT2D eigenvalue weighted by molar-refractivity contribution is -0.131. The van der Waals surface area contributed by atoms with Crippen LogP contribution in [-0.2, 0) is 9.59 Å². The van der Waals surface area contributed by atoms with Crippen LogP contribution in [0.3, 0.4) is 0 Å². The Morgan fingerprint density at radius 1 is 1.17 bits per heavy atom. The molecule has 0 spiro atoms. The van der Waals surface area contributed by atoms with Crippen LogP contribution >= 0.6 is 0 Å². The highest BCUT2D eigenvalue weighted by Gasteiger charge is 2.60. The molecule has 0 saturated heterocycles. The van der Waals surface area contributed by atoms with Gasteiger partial charge in [0, 0.05) is 17.3 Å². The summed E-state index contributed by atoms with van der Waals surface area (Å²) in [5.74, 6) is 2.17. The van der Waals surface area contributed by atoms with Crippen LogP contribution in [0.1, 0.15) is 59.3 Å². The average molecular weight is 324 g/mol. The molecule has 0 unspecified atom stereocenters. The zero-order valence-corrected chi connectivity index (χ0v) is 15.2. The van der Waals surface area contributed by atoms with Crippen molar-refractivity contribution in [2.24, 2.45) is 28.6 Å². The molecule has 2 heteroatoms. The molecule has 0 heterocycles. The summed E-state index contributed by atoms with van der Waals surface area (Å²) in [7, 11) is 0. The second-order valence-corrected chi connectivity index (χ2v) is 8.79. The molecule has 0 aromatic rings. The molecule has 0 aliphatic heterocycles. The Labute approximate surface area is 145 Å². The quantitative estimate of drug-likeness (QED) is 0.693. The van der Waals surface area contributed by atoms with E-state index in [2.05, 4.69) is 27.4 Å². The molecular weight excluding hydrogens is 296 g/mol. The van der Waals surface area contributed by atoms with Gasteiger partial charge >= 0.3 is 0 Å². The molecule has 3 saturated carbocycles. The van der Waals surface area contributed by atoms with Crippen LogP contribution in [0.25, 0.3) is 0 Å². The van der Waals surface area contributed by atoms with Crippen molar-refractivity contribution in [1.82, 2.24) is 0 Å². The van der Waals surface area contributed by atoms with Crippen molar-refractivity contribution in [3.63, 3.8) is 0 Å². The minimum atomic E-state index is -0.112. The van der Waals surface area contributed by atoms with Gasteiger partial charge in [0.25, 0.3) is 0 Å². The predicted molar refractivity (Wildman–Crippen MR) is 95.4 cm³/mol. The van der Waals surface area contributed by atoms with E-state index in [4.69, 9.17) is 0 Å². The van der Waals surface area contributed by atoms with Gasteiger partial charge in [-0.25, -0.2) is 0 Å². The third-order valence-corrected chi connectivity index (χ3v) is 7.96. The van der Waals surface area contributed by atoms with Gasteiger partial charge < -0.3 is 0 Å². The second-order valence-electron chi connectivity index (χ2n) is 8.79. The number of Topliss-reactive ketones (excluding diaryl/α,β-unsaturated/α-hetero) is 1. The molecule has 2 nitrogen and oxygen atoms in total. The Hall–Kier alpha value is -1.44. The van der Waals surface area contributed by atoms with Gasteiger partial charge in [-0.2, -0.15) is 0 Å². The van der Waals surface area contributed by atoms with Gasteiger partial charge in [0.05, 0.1) is 0 Å². The lowest BCUT2D eigenvalue weighted by atomic mass is 9.46. The standard InChI is InChI=1S/C22H28O2/c1-5-14-11-15(23)12-19-13(2)10-16-17-6-7-20(24)21(17,3)9-8-18(16)22(14,19)4/h11-12,16-18H,2,5-10H2,1,3-4H3/t16-,17-,18-,21-,22+/m0/s1. The Kier molecular flexibility index (Phi) is 3.37. The fourth-order valence-corrected chi connectivity index (χ4v) is 6.66. The maximum atomic E-state index is 12.5. The third-order valence-electron chi connectivity index (χ3n) is 7.96. The number of allylic oxidation sites excluding steroid dienone is 5. The highest BCUT2D eigenvalue weighted by Crippen LogP contribution is 2.66. The number of carbonyl (C=O) groups excluding carboxylic acids is 2. The van der Waals surface area contributed by atoms with Crippen LogP contribution in [0.4, 0.5) is 0 Å². The molecule has 0 aromatic heterocycles. The van der Waals surface area contributed by atoms with Crippen molar-refractivity contribution in [3.8, 4) is 0 Å². The number of rotatable bonds is 1. The monoisotopic (exact) mass is 324 g/mol. The number of fused-ring (bicyclic) bond motifs is 5. The molecule has 0 radical (unpaired) electrons. The smallest absolute Gasteiger partial charge is 0.178 e. The van der Waals surface area contributed by atoms with Gasteiger partial charge in [-0.15, -0.1) is 0 Å². The Bertz CT molecular complexity index is 709. The maximum Gasteiger partial charge on any atom is 0.178 e. The van der Waals surface area contributed by atoms with E-state index in [1.165, 1.54) is 11.1 Å². The van der Waals surface area contributed by atoms with Crippen LogP contribution in [0.5, 0.6) is 0 Å². The second kappa shape index (κ2) is 5.03. The molecule has 24 heavy (non-hydrogen) atoms. The van der Waals surface area contributed by atoms with Gasteiger partial charge in [0.1, 0.15) is 5.78 Å². The van der Waals surface area contributed by atoms with Crippen LogP contribution in [-0.4, -0.2) is 11.6 Å². The van der Waals surface area contributed by atoms with E-state index in [1.807, 2.05) is 12.2 Å². The van der Waals surface area contributed by atoms with Crippen LogP contribution in [0.15, 0.2) is 35.5 Å². The molecule has 128 valence electrons. The van der Waals surface area contributed by atoms with Gasteiger partial charge in [-0.1, -0.05) is 38.5 Å². The van der Waals surface area contributed by atoms with Gasteiger partial charge in [-0.3, -0.25) is 9.59 Å². The Morgan fingerprint density at radius 3 is 2.62 bits per heavy atom. The van der Waals surface area contributed by atoms with E-state index >= 15 is 0 Å². The molecule has 0 N–H and O–H groups in total. The zero-order chi connectivity index (χ0) is 17.3. The summed E-state index contributed by atoms with van der Waals surface area (Å²) in [6, 6.07) is 0. The summed E-state index contributed by atoms with van der Waals surface area (Å²) < 4.78 is 0. The lowest BCUT2D eigenvalue weighted by Crippen LogP contribution is -2.51. The van der Waals surface area contributed by atoms with Crippen molar-refractivity contribution in [2.45, 2.75) is 59.3 Å². The fraction of sp³-hybridized carbons (Fsp3) is 0.636. The van der Waals surface area contributed by atoms with Crippen molar-refractivity contribution in [3.05, 3.63) is 35.5 Å². The number of hydrogen-bond donors (Lipinski definition) is 0. The lowest BCUT2D eigenvalue weighted by Gasteiger charge is -2.57. The minimum Gasteiger partial charge on any atom is -0.299 e. The third kappa shape index (κ3) is 1.83. The van der Waals surface area contributed by atoms with Gasteiger partial charge in [0.15, 0.2) is 5.78 Å². The van der Waals surface area contributed by atoms with Crippen LogP contribution in [0, 0.1) is 28.6 Å². The first kappa shape index (κ1) is 16.1. The largest absolute Gasteiger partial charge is 0.299 e. The van der Waals surface area contributed by atoms with Crippen molar-refractivity contribution in [1.29, 1.82) is 0 Å². The molecule has 0 aromatic carbocycles. The van der Waals surface area contributed by atoms with E-state index in [9.17, 15) is 9.59 Å². The van der Waals surface area contributed by atoms with E-state index < -0.39 is 0 Å². The van der Waals surface area contributed by atoms with Crippen molar-refractivity contribution < 1.29 is 9.59 Å². The Balaban J connectivity index is 1.81. The van der Waals surface area contributed by atoms with Gasteiger partial charge in [-0.05, 0) is 67.6 Å². The molecule has 0 amide bonds. The van der Waals surface area contributed by atoms with Gasteiger partial charge in [0.2, 0.25) is 0 Å². The predicted octanol–water partition coefficient (Wildman–Crippen LogP) is 4.81. The van der Waals surface area contributed by atoms with E-state index in [1.54, 1.807) is 0 Å².